The van der Waals surface area contributed by atoms with Crippen LogP contribution in [-0.2, 0) is 6.54 Å². The van der Waals surface area contributed by atoms with Crippen molar-refractivity contribution in [3.8, 4) is 0 Å². The van der Waals surface area contributed by atoms with Crippen LogP contribution in [-0.4, -0.2) is 23.4 Å². The van der Waals surface area contributed by atoms with Crippen LogP contribution in [0.5, 0.6) is 0 Å². The van der Waals surface area contributed by atoms with E-state index in [-0.39, 0.29) is 6.61 Å². The molecule has 2 N–H and O–H groups in total. The average Bonchev–Trinajstić information content (AvgIpc) is 2.48. The van der Waals surface area contributed by atoms with Gasteiger partial charge in [-0.15, -0.1) is 0 Å². The molecule has 21 heavy (non-hydrogen) atoms. The highest BCUT2D eigenvalue weighted by Crippen LogP contribution is 2.30. The molecule has 1 atom stereocenters. The first-order chi connectivity index (χ1) is 10.1. The molecule has 0 saturated carbocycles. The summed E-state index contributed by atoms with van der Waals surface area (Å²) >= 11 is 3.57. The third-order valence-electron chi connectivity index (χ3n) is 3.38. The molecule has 0 saturated heterocycles. The molecule has 0 aliphatic carbocycles. The molecule has 0 amide bonds. The van der Waals surface area contributed by atoms with E-state index < -0.39 is 6.10 Å². The first-order valence-electron chi connectivity index (χ1n) is 6.99. The van der Waals surface area contributed by atoms with E-state index in [1.165, 1.54) is 5.56 Å². The van der Waals surface area contributed by atoms with Crippen LogP contribution in [0.4, 0.5) is 5.69 Å². The normalized spacial score (nSPS) is 12.2. The minimum Gasteiger partial charge on any atom is -0.395 e. The monoisotopic (exact) mass is 349 g/mol. The number of hydrogen-bond acceptors (Lipinski definition) is 3. The lowest BCUT2D eigenvalue weighted by Crippen LogP contribution is -2.26. The van der Waals surface area contributed by atoms with Crippen molar-refractivity contribution in [2.45, 2.75) is 19.6 Å². The standard InChI is InChI=1S/C17H20BrNO2/c1-13(21)15-7-8-17(16(18)11-15)19(9-10-20)12-14-5-3-2-4-6-14/h2-8,11,13,20-21H,9-10,12H2,1H3/t13-/m0/s1. The van der Waals surface area contributed by atoms with E-state index in [9.17, 15) is 10.2 Å². The average molecular weight is 350 g/mol. The van der Waals surface area contributed by atoms with E-state index in [1.54, 1.807) is 6.92 Å². The summed E-state index contributed by atoms with van der Waals surface area (Å²) in [5.74, 6) is 0. The quantitative estimate of drug-likeness (QED) is 0.838. The van der Waals surface area contributed by atoms with Crippen molar-refractivity contribution in [3.63, 3.8) is 0 Å². The number of aliphatic hydroxyl groups excluding tert-OH is 2. The zero-order chi connectivity index (χ0) is 15.2. The maximum Gasteiger partial charge on any atom is 0.0762 e. The Balaban J connectivity index is 2.25. The van der Waals surface area contributed by atoms with Crippen LogP contribution in [0.25, 0.3) is 0 Å². The molecule has 2 rings (SSSR count). The van der Waals surface area contributed by atoms with Gasteiger partial charge < -0.3 is 15.1 Å². The molecule has 0 radical (unpaired) electrons. The molecule has 0 aliphatic heterocycles. The molecule has 0 heterocycles. The Morgan fingerprint density at radius 2 is 1.86 bits per heavy atom. The highest BCUT2D eigenvalue weighted by atomic mass is 79.9. The second kappa shape index (κ2) is 7.59. The van der Waals surface area contributed by atoms with E-state index in [4.69, 9.17) is 0 Å². The van der Waals surface area contributed by atoms with Crippen LogP contribution >= 0.6 is 15.9 Å². The van der Waals surface area contributed by atoms with Gasteiger partial charge in [-0.2, -0.15) is 0 Å². The molecular weight excluding hydrogens is 330 g/mol. The first-order valence-corrected chi connectivity index (χ1v) is 7.78. The topological polar surface area (TPSA) is 43.7 Å². The Labute approximate surface area is 134 Å². The molecule has 2 aromatic carbocycles. The fourth-order valence-electron chi connectivity index (χ4n) is 2.25. The molecule has 3 nitrogen and oxygen atoms in total. The van der Waals surface area contributed by atoms with Crippen LogP contribution in [0.2, 0.25) is 0 Å². The molecule has 2 aromatic rings. The van der Waals surface area contributed by atoms with Gasteiger partial charge in [-0.1, -0.05) is 36.4 Å². The van der Waals surface area contributed by atoms with Gasteiger partial charge in [0.1, 0.15) is 0 Å². The Morgan fingerprint density at radius 3 is 2.43 bits per heavy atom. The van der Waals surface area contributed by atoms with Gasteiger partial charge in [0.2, 0.25) is 0 Å². The van der Waals surface area contributed by atoms with Gasteiger partial charge in [-0.25, -0.2) is 0 Å². The number of benzene rings is 2. The molecule has 112 valence electrons. The smallest absolute Gasteiger partial charge is 0.0762 e. The number of anilines is 1. The molecule has 0 unspecified atom stereocenters. The van der Waals surface area contributed by atoms with E-state index in [1.807, 2.05) is 36.4 Å². The highest BCUT2D eigenvalue weighted by Gasteiger charge is 2.12. The van der Waals surface area contributed by atoms with Crippen LogP contribution < -0.4 is 4.90 Å². The zero-order valence-electron chi connectivity index (χ0n) is 12.0. The number of nitrogens with zero attached hydrogens (tertiary/aromatic N) is 1. The third-order valence-corrected chi connectivity index (χ3v) is 4.02. The summed E-state index contributed by atoms with van der Waals surface area (Å²) in [6, 6.07) is 16.0. The van der Waals surface area contributed by atoms with Gasteiger partial charge in [0.15, 0.2) is 0 Å². The van der Waals surface area contributed by atoms with Crippen molar-refractivity contribution < 1.29 is 10.2 Å². The summed E-state index contributed by atoms with van der Waals surface area (Å²) < 4.78 is 0.922. The van der Waals surface area contributed by atoms with E-state index in [2.05, 4.69) is 33.0 Å². The van der Waals surface area contributed by atoms with Crippen LogP contribution in [0.3, 0.4) is 0 Å². The lowest BCUT2D eigenvalue weighted by atomic mass is 10.1. The maximum atomic E-state index is 9.64. The summed E-state index contributed by atoms with van der Waals surface area (Å²) in [4.78, 5) is 2.12. The second-order valence-corrected chi connectivity index (χ2v) is 5.87. The minimum atomic E-state index is -0.490. The molecule has 0 bridgehead atoms. The largest absolute Gasteiger partial charge is 0.395 e. The second-order valence-electron chi connectivity index (χ2n) is 5.02. The molecule has 0 fully saturated rings. The van der Waals surface area contributed by atoms with Crippen molar-refractivity contribution in [2.24, 2.45) is 0 Å². The Hall–Kier alpha value is -1.36. The van der Waals surface area contributed by atoms with Crippen molar-refractivity contribution in [2.75, 3.05) is 18.1 Å². The van der Waals surface area contributed by atoms with Crippen molar-refractivity contribution >= 4 is 21.6 Å². The number of hydrogen-bond donors (Lipinski definition) is 2. The lowest BCUT2D eigenvalue weighted by molar-refractivity contribution is 0.199. The summed E-state index contributed by atoms with van der Waals surface area (Å²) in [5.41, 5.74) is 3.07. The van der Waals surface area contributed by atoms with Gasteiger partial charge in [-0.05, 0) is 46.1 Å². The fraction of sp³-hybridized carbons (Fsp3) is 0.294. The van der Waals surface area contributed by atoms with Crippen LogP contribution in [0.15, 0.2) is 53.0 Å². The van der Waals surface area contributed by atoms with Gasteiger partial charge >= 0.3 is 0 Å². The summed E-state index contributed by atoms with van der Waals surface area (Å²) in [5, 5.41) is 19.0. The molecule has 0 aliphatic rings. The Bertz CT molecular complexity index is 572. The van der Waals surface area contributed by atoms with E-state index in [0.717, 1.165) is 22.3 Å². The molecule has 4 heteroatoms. The predicted molar refractivity (Wildman–Crippen MR) is 89.4 cm³/mol. The predicted octanol–water partition coefficient (Wildman–Crippen LogP) is 3.50. The van der Waals surface area contributed by atoms with Gasteiger partial charge in [0.05, 0.1) is 18.4 Å². The Kier molecular flexibility index (Phi) is 5.79. The minimum absolute atomic E-state index is 0.0947. The molecule has 0 spiro atoms. The third kappa shape index (κ3) is 4.30. The van der Waals surface area contributed by atoms with Gasteiger partial charge in [0.25, 0.3) is 0 Å². The van der Waals surface area contributed by atoms with Crippen LogP contribution in [0, 0.1) is 0 Å². The number of halogens is 1. The fourth-order valence-corrected chi connectivity index (χ4v) is 2.90. The van der Waals surface area contributed by atoms with Gasteiger partial charge in [-0.3, -0.25) is 0 Å². The SMILES string of the molecule is C[C@H](O)c1ccc(N(CCO)Cc2ccccc2)c(Br)c1. The van der Waals surface area contributed by atoms with Crippen molar-refractivity contribution in [1.82, 2.24) is 0 Å². The summed E-state index contributed by atoms with van der Waals surface area (Å²) in [7, 11) is 0. The van der Waals surface area contributed by atoms with E-state index >= 15 is 0 Å². The number of rotatable bonds is 6. The van der Waals surface area contributed by atoms with Crippen LogP contribution in [0.1, 0.15) is 24.2 Å². The van der Waals surface area contributed by atoms with E-state index in [0.29, 0.717) is 6.54 Å². The summed E-state index contributed by atoms with van der Waals surface area (Å²) in [6.45, 7) is 3.13. The van der Waals surface area contributed by atoms with Gasteiger partial charge in [0, 0.05) is 17.6 Å². The van der Waals surface area contributed by atoms with Crippen molar-refractivity contribution in [3.05, 3.63) is 64.1 Å². The maximum absolute atomic E-state index is 9.64. The lowest BCUT2D eigenvalue weighted by Gasteiger charge is -2.26. The highest BCUT2D eigenvalue weighted by molar-refractivity contribution is 9.10. The Morgan fingerprint density at radius 1 is 1.14 bits per heavy atom. The zero-order valence-corrected chi connectivity index (χ0v) is 13.6. The molecular formula is C17H20BrNO2. The molecule has 0 aromatic heterocycles. The number of aliphatic hydroxyl groups is 2. The summed E-state index contributed by atoms with van der Waals surface area (Å²) in [6.07, 6.45) is -0.490. The first kappa shape index (κ1) is 16.0. The van der Waals surface area contributed by atoms with Crippen molar-refractivity contribution in [1.29, 1.82) is 0 Å².